The highest BCUT2D eigenvalue weighted by molar-refractivity contribution is 5.96. The SMILES string of the molecule is CC(C)N1Cc2ccc(C(=O)N(C)CCC3CCNCC3)cc2NC(CC(=O)O)C1=O. The molecule has 170 valence electrons. The maximum Gasteiger partial charge on any atom is 0.305 e. The predicted molar refractivity (Wildman–Crippen MR) is 119 cm³/mol. The van der Waals surface area contributed by atoms with E-state index in [9.17, 15) is 19.5 Å². The second kappa shape index (κ2) is 10.1. The lowest BCUT2D eigenvalue weighted by atomic mass is 9.94. The number of nitrogens with one attached hydrogen (secondary N) is 2. The number of benzene rings is 1. The van der Waals surface area contributed by atoms with Crippen molar-refractivity contribution in [2.24, 2.45) is 5.92 Å². The van der Waals surface area contributed by atoms with Crippen LogP contribution in [-0.4, -0.2) is 71.5 Å². The van der Waals surface area contributed by atoms with Crippen LogP contribution >= 0.6 is 0 Å². The number of carbonyl (C=O) groups is 3. The van der Waals surface area contributed by atoms with Crippen molar-refractivity contribution < 1.29 is 19.5 Å². The summed E-state index contributed by atoms with van der Waals surface area (Å²) in [6, 6.07) is 4.50. The fourth-order valence-electron chi connectivity index (χ4n) is 4.31. The van der Waals surface area contributed by atoms with E-state index in [1.165, 1.54) is 0 Å². The number of piperidine rings is 1. The van der Waals surface area contributed by atoms with E-state index in [0.29, 0.717) is 30.3 Å². The molecule has 0 bridgehead atoms. The summed E-state index contributed by atoms with van der Waals surface area (Å²) in [5.41, 5.74) is 2.07. The molecule has 0 saturated carbocycles. The number of carbonyl (C=O) groups excluding carboxylic acids is 2. The number of carboxylic acids is 1. The van der Waals surface area contributed by atoms with Crippen molar-refractivity contribution in [3.63, 3.8) is 0 Å². The van der Waals surface area contributed by atoms with E-state index < -0.39 is 12.0 Å². The quantitative estimate of drug-likeness (QED) is 0.613. The summed E-state index contributed by atoms with van der Waals surface area (Å²) in [6.45, 7) is 7.00. The molecule has 8 heteroatoms. The van der Waals surface area contributed by atoms with Gasteiger partial charge >= 0.3 is 5.97 Å². The predicted octanol–water partition coefficient (Wildman–Crippen LogP) is 2.15. The van der Waals surface area contributed by atoms with Gasteiger partial charge in [-0.15, -0.1) is 0 Å². The maximum absolute atomic E-state index is 13.0. The largest absolute Gasteiger partial charge is 0.481 e. The Bertz CT molecular complexity index is 820. The Kier molecular flexibility index (Phi) is 7.54. The average Bonchev–Trinajstić information content (AvgIpc) is 2.88. The summed E-state index contributed by atoms with van der Waals surface area (Å²) >= 11 is 0. The molecule has 0 radical (unpaired) electrons. The van der Waals surface area contributed by atoms with Gasteiger partial charge in [0.05, 0.1) is 6.42 Å². The Hall–Kier alpha value is -2.61. The first-order valence-corrected chi connectivity index (χ1v) is 11.1. The van der Waals surface area contributed by atoms with Gasteiger partial charge in [-0.1, -0.05) is 6.07 Å². The van der Waals surface area contributed by atoms with Crippen molar-refractivity contribution in [1.82, 2.24) is 15.1 Å². The van der Waals surface area contributed by atoms with Crippen molar-refractivity contribution in [3.05, 3.63) is 29.3 Å². The molecule has 1 atom stereocenters. The first kappa shape index (κ1) is 23.1. The zero-order chi connectivity index (χ0) is 22.5. The van der Waals surface area contributed by atoms with Crippen molar-refractivity contribution in [1.29, 1.82) is 0 Å². The van der Waals surface area contributed by atoms with Gasteiger partial charge in [-0.2, -0.15) is 0 Å². The molecule has 2 aliphatic heterocycles. The molecule has 2 amide bonds. The minimum absolute atomic E-state index is 0.0565. The Morgan fingerprint density at radius 1 is 1.26 bits per heavy atom. The number of anilines is 1. The third kappa shape index (κ3) is 5.76. The monoisotopic (exact) mass is 430 g/mol. The molecule has 2 aliphatic rings. The Morgan fingerprint density at radius 2 is 1.97 bits per heavy atom. The molecule has 1 fully saturated rings. The van der Waals surface area contributed by atoms with Crippen molar-refractivity contribution in [3.8, 4) is 0 Å². The lowest BCUT2D eigenvalue weighted by Gasteiger charge is -2.27. The fourth-order valence-corrected chi connectivity index (χ4v) is 4.31. The van der Waals surface area contributed by atoms with E-state index in [2.05, 4.69) is 10.6 Å². The molecular weight excluding hydrogens is 396 g/mol. The molecular formula is C23H34N4O4. The summed E-state index contributed by atoms with van der Waals surface area (Å²) in [6.07, 6.45) is 2.98. The van der Waals surface area contributed by atoms with Gasteiger partial charge in [0.15, 0.2) is 0 Å². The summed E-state index contributed by atoms with van der Waals surface area (Å²) in [5.74, 6) is -0.692. The summed E-state index contributed by atoms with van der Waals surface area (Å²) < 4.78 is 0. The van der Waals surface area contributed by atoms with Gasteiger partial charge < -0.3 is 25.5 Å². The maximum atomic E-state index is 13.0. The average molecular weight is 431 g/mol. The number of fused-ring (bicyclic) bond motifs is 1. The summed E-state index contributed by atoms with van der Waals surface area (Å²) in [5, 5.41) is 15.7. The van der Waals surface area contributed by atoms with Crippen LogP contribution in [0.2, 0.25) is 0 Å². The van der Waals surface area contributed by atoms with Gasteiger partial charge in [0, 0.05) is 37.4 Å². The molecule has 3 N–H and O–H groups in total. The highest BCUT2D eigenvalue weighted by Gasteiger charge is 2.32. The van der Waals surface area contributed by atoms with Crippen LogP contribution in [0.1, 0.15) is 55.5 Å². The number of hydrogen-bond donors (Lipinski definition) is 3. The normalized spacial score (nSPS) is 19.5. The van der Waals surface area contributed by atoms with E-state index in [-0.39, 0.29) is 24.3 Å². The van der Waals surface area contributed by atoms with Crippen LogP contribution in [0.5, 0.6) is 0 Å². The van der Waals surface area contributed by atoms with E-state index >= 15 is 0 Å². The Balaban J connectivity index is 1.75. The Morgan fingerprint density at radius 3 is 2.61 bits per heavy atom. The number of aliphatic carboxylic acids is 1. The molecule has 31 heavy (non-hydrogen) atoms. The van der Waals surface area contributed by atoms with Gasteiger partial charge in [-0.05, 0) is 69.8 Å². The highest BCUT2D eigenvalue weighted by Crippen LogP contribution is 2.27. The first-order valence-electron chi connectivity index (χ1n) is 11.1. The smallest absolute Gasteiger partial charge is 0.305 e. The lowest BCUT2D eigenvalue weighted by Crippen LogP contribution is -2.44. The number of rotatable bonds is 7. The van der Waals surface area contributed by atoms with E-state index in [4.69, 9.17) is 0 Å². The molecule has 1 aromatic carbocycles. The van der Waals surface area contributed by atoms with Crippen LogP contribution in [0.25, 0.3) is 0 Å². The van der Waals surface area contributed by atoms with E-state index in [1.54, 1.807) is 21.9 Å². The van der Waals surface area contributed by atoms with Crippen LogP contribution in [0.3, 0.4) is 0 Å². The van der Waals surface area contributed by atoms with Crippen LogP contribution in [-0.2, 0) is 16.1 Å². The topological polar surface area (TPSA) is 102 Å². The summed E-state index contributed by atoms with van der Waals surface area (Å²) in [7, 11) is 1.82. The number of carboxylic acid groups (broad SMARTS) is 1. The van der Waals surface area contributed by atoms with Crippen LogP contribution in [0, 0.1) is 5.92 Å². The second-order valence-corrected chi connectivity index (χ2v) is 8.94. The molecule has 1 aromatic rings. The molecule has 0 spiro atoms. The zero-order valence-electron chi connectivity index (χ0n) is 18.7. The molecule has 1 unspecified atom stereocenters. The number of hydrogen-bond acceptors (Lipinski definition) is 5. The fraction of sp³-hybridized carbons (Fsp3) is 0.609. The van der Waals surface area contributed by atoms with Gasteiger partial charge in [0.2, 0.25) is 5.91 Å². The molecule has 8 nitrogen and oxygen atoms in total. The lowest BCUT2D eigenvalue weighted by molar-refractivity contribution is -0.142. The molecule has 2 heterocycles. The van der Waals surface area contributed by atoms with Gasteiger partial charge in [-0.3, -0.25) is 14.4 Å². The molecule has 0 aromatic heterocycles. The standard InChI is InChI=1S/C23H34N4O4/c1-15(2)27-14-18-5-4-17(12-19(18)25-20(23(27)31)13-21(28)29)22(30)26(3)11-8-16-6-9-24-10-7-16/h4-5,12,15-16,20,24-25H,6-11,13-14H2,1-3H3,(H,28,29). The first-order chi connectivity index (χ1) is 14.8. The highest BCUT2D eigenvalue weighted by atomic mass is 16.4. The van der Waals surface area contributed by atoms with Crippen molar-refractivity contribution >= 4 is 23.5 Å². The summed E-state index contributed by atoms with van der Waals surface area (Å²) in [4.78, 5) is 40.6. The minimum Gasteiger partial charge on any atom is -0.481 e. The number of amides is 2. The van der Waals surface area contributed by atoms with Crippen molar-refractivity contribution in [2.45, 2.75) is 58.2 Å². The zero-order valence-corrected chi connectivity index (χ0v) is 18.7. The Labute approximate surface area is 184 Å². The molecule has 3 rings (SSSR count). The molecule has 1 saturated heterocycles. The molecule has 0 aliphatic carbocycles. The minimum atomic E-state index is -1.04. The van der Waals surface area contributed by atoms with E-state index in [1.807, 2.05) is 27.0 Å². The third-order valence-electron chi connectivity index (χ3n) is 6.29. The second-order valence-electron chi connectivity index (χ2n) is 8.94. The van der Waals surface area contributed by atoms with Crippen LogP contribution < -0.4 is 10.6 Å². The van der Waals surface area contributed by atoms with E-state index in [0.717, 1.165) is 37.9 Å². The number of nitrogens with zero attached hydrogens (tertiary/aromatic N) is 2. The van der Waals surface area contributed by atoms with Crippen LogP contribution in [0.15, 0.2) is 18.2 Å². The third-order valence-corrected chi connectivity index (χ3v) is 6.29. The van der Waals surface area contributed by atoms with Crippen LogP contribution in [0.4, 0.5) is 5.69 Å². The van der Waals surface area contributed by atoms with Gasteiger partial charge in [0.1, 0.15) is 6.04 Å². The van der Waals surface area contributed by atoms with Gasteiger partial charge in [0.25, 0.3) is 5.91 Å². The van der Waals surface area contributed by atoms with Crippen molar-refractivity contribution in [2.75, 3.05) is 32.0 Å². The van der Waals surface area contributed by atoms with Gasteiger partial charge in [-0.25, -0.2) is 0 Å².